The Balaban J connectivity index is 1.46. The summed E-state index contributed by atoms with van der Waals surface area (Å²) in [7, 11) is 0. The number of amides is 1. The third kappa shape index (κ3) is 3.11. The lowest BCUT2D eigenvalue weighted by molar-refractivity contribution is -0.117. The van der Waals surface area contributed by atoms with Crippen molar-refractivity contribution in [3.8, 4) is 0 Å². The van der Waals surface area contributed by atoms with Crippen LogP contribution in [0.5, 0.6) is 0 Å². The van der Waals surface area contributed by atoms with Crippen LogP contribution < -0.4 is 15.1 Å². The first-order chi connectivity index (χ1) is 11.8. The summed E-state index contributed by atoms with van der Waals surface area (Å²) in [6, 6.07) is 8.09. The molecule has 3 heterocycles. The predicted molar refractivity (Wildman–Crippen MR) is 99.0 cm³/mol. The molecule has 0 unspecified atom stereocenters. The number of carbonyl (C=O) groups excluding carboxylic acids is 1. The number of benzene rings is 1. The Bertz CT molecular complexity index is 697. The molecule has 1 N–H and O–H groups in total. The van der Waals surface area contributed by atoms with Crippen molar-refractivity contribution >= 4 is 33.8 Å². The highest BCUT2D eigenvalue weighted by molar-refractivity contribution is 7.13. The van der Waals surface area contributed by atoms with Gasteiger partial charge in [0.15, 0.2) is 5.13 Å². The molecule has 2 fully saturated rings. The van der Waals surface area contributed by atoms with Crippen molar-refractivity contribution < 1.29 is 4.79 Å². The molecule has 2 aliphatic heterocycles. The molecule has 4 rings (SSSR count). The number of hydrogen-bond acceptors (Lipinski definition) is 5. The third-order valence-electron chi connectivity index (χ3n) is 4.81. The number of rotatable bonds is 4. The summed E-state index contributed by atoms with van der Waals surface area (Å²) in [6.07, 6.45) is 6.22. The third-order valence-corrected chi connectivity index (χ3v) is 5.61. The van der Waals surface area contributed by atoms with Gasteiger partial charge in [-0.3, -0.25) is 4.79 Å². The molecule has 1 aromatic heterocycles. The molecule has 24 heavy (non-hydrogen) atoms. The second-order valence-electron chi connectivity index (χ2n) is 6.40. The van der Waals surface area contributed by atoms with Crippen molar-refractivity contribution in [3.63, 3.8) is 0 Å². The van der Waals surface area contributed by atoms with Gasteiger partial charge in [0.25, 0.3) is 0 Å². The Morgan fingerprint density at radius 1 is 1.21 bits per heavy atom. The standard InChI is InChI=1S/C18H22N4OS/c23-17(16-7-4-11-22(16)18-19-8-12-24-18)20-14-5-3-6-15(13-14)21-9-1-2-10-21/h3,5-6,8,12-13,16H,1-2,4,7,9-11H2,(H,20,23)/t16-/m0/s1. The molecule has 2 saturated heterocycles. The van der Waals surface area contributed by atoms with E-state index in [1.54, 1.807) is 17.5 Å². The van der Waals surface area contributed by atoms with Crippen LogP contribution in [0.3, 0.4) is 0 Å². The summed E-state index contributed by atoms with van der Waals surface area (Å²) in [5, 5.41) is 6.01. The minimum atomic E-state index is -0.119. The van der Waals surface area contributed by atoms with Crippen molar-refractivity contribution in [3.05, 3.63) is 35.8 Å². The number of thiazole rings is 1. The Kier molecular flexibility index (Phi) is 4.38. The van der Waals surface area contributed by atoms with E-state index in [1.165, 1.54) is 18.5 Å². The fourth-order valence-electron chi connectivity index (χ4n) is 3.61. The van der Waals surface area contributed by atoms with E-state index in [9.17, 15) is 4.79 Å². The molecule has 0 aliphatic carbocycles. The van der Waals surface area contributed by atoms with Gasteiger partial charge in [-0.05, 0) is 43.9 Å². The van der Waals surface area contributed by atoms with E-state index in [2.05, 4.69) is 32.2 Å². The molecule has 1 atom stereocenters. The summed E-state index contributed by atoms with van der Waals surface area (Å²) in [5.74, 6) is 0.0706. The van der Waals surface area contributed by atoms with Gasteiger partial charge in [0.1, 0.15) is 6.04 Å². The topological polar surface area (TPSA) is 48.5 Å². The predicted octanol–water partition coefficient (Wildman–Crippen LogP) is 3.35. The Hall–Kier alpha value is -2.08. The fraction of sp³-hybridized carbons (Fsp3) is 0.444. The summed E-state index contributed by atoms with van der Waals surface area (Å²) in [6.45, 7) is 3.12. The molecular weight excluding hydrogens is 320 g/mol. The minimum absolute atomic E-state index is 0.0706. The van der Waals surface area contributed by atoms with Crippen LogP contribution in [0.4, 0.5) is 16.5 Å². The Morgan fingerprint density at radius 2 is 2.08 bits per heavy atom. The largest absolute Gasteiger partial charge is 0.371 e. The molecule has 1 aromatic carbocycles. The van der Waals surface area contributed by atoms with Gasteiger partial charge in [-0.2, -0.15) is 0 Å². The van der Waals surface area contributed by atoms with Gasteiger partial charge >= 0.3 is 0 Å². The van der Waals surface area contributed by atoms with E-state index in [0.29, 0.717) is 0 Å². The highest BCUT2D eigenvalue weighted by Gasteiger charge is 2.32. The molecule has 0 radical (unpaired) electrons. The van der Waals surface area contributed by atoms with Gasteiger partial charge in [0.2, 0.25) is 5.91 Å². The zero-order chi connectivity index (χ0) is 16.4. The van der Waals surface area contributed by atoms with Crippen LogP contribution in [-0.2, 0) is 4.79 Å². The average molecular weight is 342 g/mol. The maximum atomic E-state index is 12.8. The summed E-state index contributed by atoms with van der Waals surface area (Å²) >= 11 is 1.60. The van der Waals surface area contributed by atoms with Gasteiger partial charge in [-0.25, -0.2) is 4.98 Å². The SMILES string of the molecule is O=C(Nc1cccc(N2CCCC2)c1)[C@@H]1CCCN1c1nccs1. The highest BCUT2D eigenvalue weighted by Crippen LogP contribution is 2.29. The van der Waals surface area contributed by atoms with Gasteiger partial charge in [-0.15, -0.1) is 11.3 Å². The van der Waals surface area contributed by atoms with Crippen LogP contribution >= 0.6 is 11.3 Å². The number of nitrogens with zero attached hydrogens (tertiary/aromatic N) is 3. The van der Waals surface area contributed by atoms with Crippen molar-refractivity contribution in [1.82, 2.24) is 4.98 Å². The Labute approximate surface area is 146 Å². The molecule has 2 aromatic rings. The second kappa shape index (κ2) is 6.81. The van der Waals surface area contributed by atoms with Crippen LogP contribution in [-0.4, -0.2) is 36.6 Å². The lowest BCUT2D eigenvalue weighted by Crippen LogP contribution is -2.39. The lowest BCUT2D eigenvalue weighted by Gasteiger charge is -2.23. The molecular formula is C18H22N4OS. The van der Waals surface area contributed by atoms with Crippen molar-refractivity contribution in [2.45, 2.75) is 31.7 Å². The van der Waals surface area contributed by atoms with Crippen LogP contribution in [0, 0.1) is 0 Å². The molecule has 5 nitrogen and oxygen atoms in total. The lowest BCUT2D eigenvalue weighted by atomic mass is 10.2. The number of aromatic nitrogens is 1. The van der Waals surface area contributed by atoms with E-state index in [1.807, 2.05) is 17.5 Å². The van der Waals surface area contributed by atoms with E-state index in [0.717, 1.165) is 43.3 Å². The molecule has 126 valence electrons. The number of hydrogen-bond donors (Lipinski definition) is 1. The Morgan fingerprint density at radius 3 is 2.88 bits per heavy atom. The summed E-state index contributed by atoms with van der Waals surface area (Å²) in [5.41, 5.74) is 2.09. The fourth-order valence-corrected chi connectivity index (χ4v) is 4.33. The van der Waals surface area contributed by atoms with E-state index < -0.39 is 0 Å². The summed E-state index contributed by atoms with van der Waals surface area (Å²) < 4.78 is 0. The number of nitrogens with one attached hydrogen (secondary N) is 1. The normalized spacial score (nSPS) is 20.6. The molecule has 1 amide bonds. The van der Waals surface area contributed by atoms with Gasteiger partial charge < -0.3 is 15.1 Å². The zero-order valence-corrected chi connectivity index (χ0v) is 14.5. The van der Waals surface area contributed by atoms with Crippen LogP contribution in [0.2, 0.25) is 0 Å². The quantitative estimate of drug-likeness (QED) is 0.926. The molecule has 0 saturated carbocycles. The highest BCUT2D eigenvalue weighted by atomic mass is 32.1. The van der Waals surface area contributed by atoms with E-state index in [-0.39, 0.29) is 11.9 Å². The second-order valence-corrected chi connectivity index (χ2v) is 7.27. The van der Waals surface area contributed by atoms with Crippen LogP contribution in [0.25, 0.3) is 0 Å². The van der Waals surface area contributed by atoms with Gasteiger partial charge in [-0.1, -0.05) is 6.07 Å². The van der Waals surface area contributed by atoms with Gasteiger partial charge in [0.05, 0.1) is 0 Å². The summed E-state index contributed by atoms with van der Waals surface area (Å²) in [4.78, 5) is 21.6. The van der Waals surface area contributed by atoms with E-state index in [4.69, 9.17) is 0 Å². The van der Waals surface area contributed by atoms with Crippen molar-refractivity contribution in [1.29, 1.82) is 0 Å². The zero-order valence-electron chi connectivity index (χ0n) is 13.6. The van der Waals surface area contributed by atoms with Crippen molar-refractivity contribution in [2.24, 2.45) is 0 Å². The molecule has 6 heteroatoms. The smallest absolute Gasteiger partial charge is 0.247 e. The first kappa shape index (κ1) is 15.4. The molecule has 2 aliphatic rings. The monoisotopic (exact) mass is 342 g/mol. The first-order valence-corrected chi connectivity index (χ1v) is 9.51. The maximum absolute atomic E-state index is 12.8. The van der Waals surface area contributed by atoms with Crippen LogP contribution in [0.15, 0.2) is 35.8 Å². The van der Waals surface area contributed by atoms with Crippen LogP contribution in [0.1, 0.15) is 25.7 Å². The van der Waals surface area contributed by atoms with Gasteiger partial charge in [0, 0.05) is 42.6 Å². The average Bonchev–Trinajstić information content (AvgIpc) is 3.35. The molecule has 0 bridgehead atoms. The molecule has 0 spiro atoms. The first-order valence-electron chi connectivity index (χ1n) is 8.63. The number of anilines is 3. The van der Waals surface area contributed by atoms with Crippen molar-refractivity contribution in [2.75, 3.05) is 34.8 Å². The minimum Gasteiger partial charge on any atom is -0.371 e. The maximum Gasteiger partial charge on any atom is 0.247 e. The van der Waals surface area contributed by atoms with E-state index >= 15 is 0 Å². The number of carbonyl (C=O) groups is 1.